The standard InChI is InChI=1S/C22H30N2O3.2ClH/c1-25-21-7-3-19(4-8-21)17-24(12-11-23-13-15-27-16-14-23)18-20-5-9-22(26-2)10-6-20;;/h3-10H,11-18H2,1-2H3;2*1H. The molecule has 1 heterocycles. The van der Waals surface area contributed by atoms with E-state index >= 15 is 0 Å². The molecule has 7 heteroatoms. The third-order valence-electron chi connectivity index (χ3n) is 4.97. The molecule has 1 fully saturated rings. The first-order chi connectivity index (χ1) is 13.3. The number of benzene rings is 2. The Morgan fingerprint density at radius 2 is 1.24 bits per heavy atom. The van der Waals surface area contributed by atoms with Crippen molar-refractivity contribution in [2.45, 2.75) is 13.1 Å². The summed E-state index contributed by atoms with van der Waals surface area (Å²) in [6, 6.07) is 16.7. The molecule has 0 radical (unpaired) electrons. The molecular weight excluding hydrogens is 411 g/mol. The molecule has 0 atom stereocenters. The Kier molecular flexibility index (Phi) is 12.0. The molecule has 29 heavy (non-hydrogen) atoms. The predicted molar refractivity (Wildman–Crippen MR) is 122 cm³/mol. The summed E-state index contributed by atoms with van der Waals surface area (Å²) in [6.07, 6.45) is 0. The van der Waals surface area contributed by atoms with E-state index in [0.29, 0.717) is 0 Å². The largest absolute Gasteiger partial charge is 0.497 e. The van der Waals surface area contributed by atoms with Crippen molar-refractivity contribution in [1.29, 1.82) is 0 Å². The quantitative estimate of drug-likeness (QED) is 0.588. The molecular formula is C22H32Cl2N2O3. The molecule has 0 aliphatic carbocycles. The van der Waals surface area contributed by atoms with Gasteiger partial charge in [0.15, 0.2) is 0 Å². The molecule has 1 aliphatic heterocycles. The van der Waals surface area contributed by atoms with Crippen molar-refractivity contribution in [1.82, 2.24) is 9.80 Å². The second kappa shape index (κ2) is 13.7. The number of ether oxygens (including phenoxy) is 3. The zero-order valence-corrected chi connectivity index (χ0v) is 18.8. The van der Waals surface area contributed by atoms with E-state index in [4.69, 9.17) is 14.2 Å². The van der Waals surface area contributed by atoms with Gasteiger partial charge in [-0.1, -0.05) is 24.3 Å². The fourth-order valence-corrected chi connectivity index (χ4v) is 3.30. The van der Waals surface area contributed by atoms with Gasteiger partial charge in [-0.15, -0.1) is 24.8 Å². The van der Waals surface area contributed by atoms with Crippen molar-refractivity contribution in [3.8, 4) is 11.5 Å². The molecule has 2 aromatic rings. The van der Waals surface area contributed by atoms with E-state index in [2.05, 4.69) is 34.1 Å². The molecule has 0 aromatic heterocycles. The fourth-order valence-electron chi connectivity index (χ4n) is 3.30. The van der Waals surface area contributed by atoms with Gasteiger partial charge in [0.25, 0.3) is 0 Å². The maximum absolute atomic E-state index is 5.46. The summed E-state index contributed by atoms with van der Waals surface area (Å²) in [7, 11) is 3.40. The van der Waals surface area contributed by atoms with Crippen LogP contribution < -0.4 is 9.47 Å². The van der Waals surface area contributed by atoms with E-state index in [0.717, 1.165) is 64.0 Å². The van der Waals surface area contributed by atoms with E-state index in [9.17, 15) is 0 Å². The Balaban J connectivity index is 0.00000210. The molecule has 0 amide bonds. The minimum absolute atomic E-state index is 0. The third kappa shape index (κ3) is 8.41. The van der Waals surface area contributed by atoms with E-state index in [1.807, 2.05) is 24.3 Å². The Hall–Kier alpha value is -1.50. The lowest BCUT2D eigenvalue weighted by Crippen LogP contribution is -2.41. The highest BCUT2D eigenvalue weighted by Crippen LogP contribution is 2.17. The number of nitrogens with zero attached hydrogens (tertiary/aromatic N) is 2. The van der Waals surface area contributed by atoms with Crippen LogP contribution in [0.25, 0.3) is 0 Å². The first-order valence-electron chi connectivity index (χ1n) is 9.55. The molecule has 0 saturated carbocycles. The number of hydrogen-bond donors (Lipinski definition) is 0. The number of rotatable bonds is 9. The first-order valence-corrected chi connectivity index (χ1v) is 9.55. The van der Waals surface area contributed by atoms with Crippen molar-refractivity contribution in [2.24, 2.45) is 0 Å². The maximum atomic E-state index is 5.46. The molecule has 0 N–H and O–H groups in total. The third-order valence-corrected chi connectivity index (χ3v) is 4.97. The van der Waals surface area contributed by atoms with E-state index in [1.54, 1.807) is 14.2 Å². The number of halogens is 2. The van der Waals surface area contributed by atoms with Gasteiger partial charge in [0.2, 0.25) is 0 Å². The minimum Gasteiger partial charge on any atom is -0.497 e. The van der Waals surface area contributed by atoms with Gasteiger partial charge in [0.1, 0.15) is 11.5 Å². The van der Waals surface area contributed by atoms with Gasteiger partial charge in [0.05, 0.1) is 27.4 Å². The van der Waals surface area contributed by atoms with Gasteiger partial charge in [-0.25, -0.2) is 0 Å². The average Bonchev–Trinajstić information content (AvgIpc) is 2.74. The summed E-state index contributed by atoms with van der Waals surface area (Å²) in [5.41, 5.74) is 2.59. The van der Waals surface area contributed by atoms with Crippen molar-refractivity contribution >= 4 is 24.8 Å². The second-order valence-corrected chi connectivity index (χ2v) is 6.86. The summed E-state index contributed by atoms with van der Waals surface area (Å²) in [4.78, 5) is 4.98. The second-order valence-electron chi connectivity index (χ2n) is 6.86. The fraction of sp³-hybridized carbons (Fsp3) is 0.455. The van der Waals surface area contributed by atoms with Crippen LogP contribution in [-0.2, 0) is 17.8 Å². The highest BCUT2D eigenvalue weighted by molar-refractivity contribution is 5.85. The predicted octanol–water partition coefficient (Wildman–Crippen LogP) is 3.88. The van der Waals surface area contributed by atoms with Crippen LogP contribution in [0.4, 0.5) is 0 Å². The highest BCUT2D eigenvalue weighted by atomic mass is 35.5. The van der Waals surface area contributed by atoms with Gasteiger partial charge in [-0.2, -0.15) is 0 Å². The van der Waals surface area contributed by atoms with Crippen molar-refractivity contribution in [3.63, 3.8) is 0 Å². The number of morpholine rings is 1. The molecule has 0 unspecified atom stereocenters. The van der Waals surface area contributed by atoms with Crippen LogP contribution in [0.3, 0.4) is 0 Å². The van der Waals surface area contributed by atoms with Crippen LogP contribution in [-0.4, -0.2) is 63.4 Å². The molecule has 1 aliphatic rings. The Bertz CT molecular complexity index is 628. The molecule has 0 spiro atoms. The maximum Gasteiger partial charge on any atom is 0.118 e. The monoisotopic (exact) mass is 442 g/mol. The minimum atomic E-state index is 0. The lowest BCUT2D eigenvalue weighted by Gasteiger charge is -2.30. The van der Waals surface area contributed by atoms with E-state index in [1.165, 1.54) is 11.1 Å². The summed E-state index contributed by atoms with van der Waals surface area (Å²) < 4.78 is 16.0. The molecule has 0 bridgehead atoms. The van der Waals surface area contributed by atoms with Crippen LogP contribution in [0.5, 0.6) is 11.5 Å². The molecule has 2 aromatic carbocycles. The number of hydrogen-bond acceptors (Lipinski definition) is 5. The summed E-state index contributed by atoms with van der Waals surface area (Å²) >= 11 is 0. The smallest absolute Gasteiger partial charge is 0.118 e. The molecule has 1 saturated heterocycles. The van der Waals surface area contributed by atoms with Crippen molar-refractivity contribution in [3.05, 3.63) is 59.7 Å². The van der Waals surface area contributed by atoms with Crippen molar-refractivity contribution < 1.29 is 14.2 Å². The average molecular weight is 443 g/mol. The summed E-state index contributed by atoms with van der Waals surface area (Å²) in [5, 5.41) is 0. The van der Waals surface area contributed by atoms with Gasteiger partial charge in [0, 0.05) is 39.3 Å². The van der Waals surface area contributed by atoms with Gasteiger partial charge >= 0.3 is 0 Å². The molecule has 3 rings (SSSR count). The number of methoxy groups -OCH3 is 2. The van der Waals surface area contributed by atoms with Crippen molar-refractivity contribution in [2.75, 3.05) is 53.6 Å². The highest BCUT2D eigenvalue weighted by Gasteiger charge is 2.13. The first kappa shape index (κ1) is 25.5. The SMILES string of the molecule is COc1ccc(CN(CCN2CCOCC2)Cc2ccc(OC)cc2)cc1.Cl.Cl. The zero-order chi connectivity index (χ0) is 18.9. The summed E-state index contributed by atoms with van der Waals surface area (Å²) in [6.45, 7) is 7.67. The van der Waals surface area contributed by atoms with Crippen LogP contribution in [0.15, 0.2) is 48.5 Å². The Labute approximate surface area is 186 Å². The Morgan fingerprint density at radius 1 is 0.793 bits per heavy atom. The topological polar surface area (TPSA) is 34.2 Å². The molecule has 162 valence electrons. The van der Waals surface area contributed by atoms with Crippen LogP contribution in [0.1, 0.15) is 11.1 Å². The molecule has 5 nitrogen and oxygen atoms in total. The van der Waals surface area contributed by atoms with Crippen LogP contribution in [0, 0.1) is 0 Å². The lowest BCUT2D eigenvalue weighted by molar-refractivity contribution is 0.0325. The van der Waals surface area contributed by atoms with Gasteiger partial charge in [-0.05, 0) is 35.4 Å². The zero-order valence-electron chi connectivity index (χ0n) is 17.2. The van der Waals surface area contributed by atoms with E-state index < -0.39 is 0 Å². The van der Waals surface area contributed by atoms with E-state index in [-0.39, 0.29) is 24.8 Å². The van der Waals surface area contributed by atoms with Crippen LogP contribution in [0.2, 0.25) is 0 Å². The van der Waals surface area contributed by atoms with Gasteiger partial charge < -0.3 is 14.2 Å². The van der Waals surface area contributed by atoms with Crippen LogP contribution >= 0.6 is 24.8 Å². The lowest BCUT2D eigenvalue weighted by atomic mass is 10.1. The van der Waals surface area contributed by atoms with Gasteiger partial charge in [-0.3, -0.25) is 9.80 Å². The summed E-state index contributed by atoms with van der Waals surface area (Å²) in [5.74, 6) is 1.79. The Morgan fingerprint density at radius 3 is 1.66 bits per heavy atom. The normalized spacial score (nSPS) is 14.0.